The van der Waals surface area contributed by atoms with Crippen LogP contribution < -0.4 is 4.74 Å². The van der Waals surface area contributed by atoms with Crippen LogP contribution in [0.2, 0.25) is 0 Å². The van der Waals surface area contributed by atoms with E-state index in [1.807, 2.05) is 6.92 Å². The zero-order valence-electron chi connectivity index (χ0n) is 22.3. The second-order valence-electron chi connectivity index (χ2n) is 7.77. The maximum Gasteiger partial charge on any atom is 0.313 e. The van der Waals surface area contributed by atoms with Crippen LogP contribution in [-0.2, 0) is 42.7 Å². The van der Waals surface area contributed by atoms with E-state index in [4.69, 9.17) is 33.2 Å². The van der Waals surface area contributed by atoms with Crippen molar-refractivity contribution in [1.82, 2.24) is 0 Å². The molecule has 0 amide bonds. The Bertz CT molecular complexity index is 846. The SMILES string of the molecule is CCCC(=O)OCCOCCOCCOCCOCCOCCOCCC(=O)Oc1c(F)c(F)c(F)c(F)c1F. The lowest BCUT2D eigenvalue weighted by Crippen LogP contribution is -2.16. The van der Waals surface area contributed by atoms with E-state index < -0.39 is 47.2 Å². The Labute approximate surface area is 228 Å². The second-order valence-corrected chi connectivity index (χ2v) is 7.77. The highest BCUT2D eigenvalue weighted by molar-refractivity contribution is 5.72. The minimum absolute atomic E-state index is 0.0797. The zero-order chi connectivity index (χ0) is 29.6. The highest BCUT2D eigenvalue weighted by Gasteiger charge is 2.28. The lowest BCUT2D eigenvalue weighted by Gasteiger charge is -2.09. The summed E-state index contributed by atoms with van der Waals surface area (Å²) in [7, 11) is 0. The van der Waals surface area contributed by atoms with Gasteiger partial charge in [-0.25, -0.2) is 13.2 Å². The van der Waals surface area contributed by atoms with E-state index in [-0.39, 0.29) is 39.0 Å². The molecule has 40 heavy (non-hydrogen) atoms. The molecule has 1 aromatic carbocycles. The molecule has 0 saturated carbocycles. The number of hydrogen-bond donors (Lipinski definition) is 0. The molecule has 0 bridgehead atoms. The number of ether oxygens (including phenoxy) is 8. The van der Waals surface area contributed by atoms with E-state index in [9.17, 15) is 31.5 Å². The summed E-state index contributed by atoms with van der Waals surface area (Å²) in [6.07, 6.45) is 0.664. The van der Waals surface area contributed by atoms with Gasteiger partial charge in [0, 0.05) is 6.42 Å². The van der Waals surface area contributed by atoms with Gasteiger partial charge in [-0.2, -0.15) is 8.78 Å². The summed E-state index contributed by atoms with van der Waals surface area (Å²) in [5.74, 6) is -14.4. The van der Waals surface area contributed by atoms with Crippen molar-refractivity contribution in [2.45, 2.75) is 26.2 Å². The van der Waals surface area contributed by atoms with Gasteiger partial charge in [0.15, 0.2) is 0 Å². The van der Waals surface area contributed by atoms with Crippen molar-refractivity contribution in [3.05, 3.63) is 29.1 Å². The zero-order valence-corrected chi connectivity index (χ0v) is 22.3. The summed E-state index contributed by atoms with van der Waals surface area (Å²) >= 11 is 0. The van der Waals surface area contributed by atoms with Gasteiger partial charge in [-0.1, -0.05) is 6.92 Å². The fourth-order valence-corrected chi connectivity index (χ4v) is 2.69. The molecule has 15 heteroatoms. The van der Waals surface area contributed by atoms with Gasteiger partial charge in [-0.3, -0.25) is 9.59 Å². The fourth-order valence-electron chi connectivity index (χ4n) is 2.69. The first-order valence-corrected chi connectivity index (χ1v) is 12.6. The van der Waals surface area contributed by atoms with Crippen LogP contribution in [0.1, 0.15) is 26.2 Å². The molecule has 0 aromatic heterocycles. The Morgan fingerprint density at radius 3 is 1.23 bits per heavy atom. The molecule has 0 aliphatic carbocycles. The molecule has 0 saturated heterocycles. The van der Waals surface area contributed by atoms with Crippen LogP contribution in [0.3, 0.4) is 0 Å². The predicted octanol–water partition coefficient (Wildman–Crippen LogP) is 3.12. The lowest BCUT2D eigenvalue weighted by atomic mass is 10.2. The van der Waals surface area contributed by atoms with Crippen LogP contribution in [0, 0.1) is 29.1 Å². The van der Waals surface area contributed by atoms with E-state index in [0.29, 0.717) is 59.3 Å². The quantitative estimate of drug-likeness (QED) is 0.0445. The van der Waals surface area contributed by atoms with Gasteiger partial charge in [-0.15, -0.1) is 0 Å². The third kappa shape index (κ3) is 15.4. The van der Waals surface area contributed by atoms with Gasteiger partial charge in [0.1, 0.15) is 6.61 Å². The van der Waals surface area contributed by atoms with Gasteiger partial charge >= 0.3 is 11.9 Å². The van der Waals surface area contributed by atoms with Crippen LogP contribution in [0.5, 0.6) is 5.75 Å². The van der Waals surface area contributed by atoms with Gasteiger partial charge in [0.05, 0.1) is 85.7 Å². The summed E-state index contributed by atoms with van der Waals surface area (Å²) in [6.45, 7) is 5.33. The molecule has 0 atom stereocenters. The number of hydrogen-bond acceptors (Lipinski definition) is 10. The Hall–Kier alpha value is -2.43. The smallest absolute Gasteiger partial charge is 0.313 e. The molecular weight excluding hydrogens is 555 g/mol. The van der Waals surface area contributed by atoms with Crippen LogP contribution >= 0.6 is 0 Å². The minimum Gasteiger partial charge on any atom is -0.463 e. The average Bonchev–Trinajstić information content (AvgIpc) is 2.94. The number of carbonyl (C=O) groups is 2. The standard InChI is InChI=1S/C25H35F5O10/c1-2-3-18(31)39-17-16-38-15-14-37-13-12-36-11-10-35-9-8-34-7-6-33-5-4-19(32)40-25-23(29)21(27)20(26)22(28)24(25)30/h2-17H2,1H3. The van der Waals surface area contributed by atoms with E-state index in [2.05, 4.69) is 4.74 Å². The van der Waals surface area contributed by atoms with Gasteiger partial charge in [-0.05, 0) is 6.42 Å². The first-order valence-electron chi connectivity index (χ1n) is 12.6. The maximum absolute atomic E-state index is 13.5. The highest BCUT2D eigenvalue weighted by Crippen LogP contribution is 2.29. The molecule has 0 spiro atoms. The fraction of sp³-hybridized carbons (Fsp3) is 0.680. The van der Waals surface area contributed by atoms with Crippen molar-refractivity contribution < 1.29 is 69.4 Å². The molecular formula is C25H35F5O10. The van der Waals surface area contributed by atoms with Gasteiger partial charge in [0.25, 0.3) is 0 Å². The van der Waals surface area contributed by atoms with Crippen LogP contribution in [0.15, 0.2) is 0 Å². The largest absolute Gasteiger partial charge is 0.463 e. The molecule has 230 valence electrons. The van der Waals surface area contributed by atoms with Crippen LogP contribution in [0.4, 0.5) is 22.0 Å². The summed E-state index contributed by atoms with van der Waals surface area (Å²) in [5, 5.41) is 0. The minimum atomic E-state index is -2.35. The van der Waals surface area contributed by atoms with Gasteiger partial charge < -0.3 is 37.9 Å². The summed E-state index contributed by atoms with van der Waals surface area (Å²) in [5.41, 5.74) is 0. The molecule has 0 aliphatic heterocycles. The van der Waals surface area contributed by atoms with Crippen molar-refractivity contribution in [2.75, 3.05) is 85.9 Å². The Balaban J connectivity index is 1.86. The van der Waals surface area contributed by atoms with Crippen LogP contribution in [0.25, 0.3) is 0 Å². The molecule has 0 aliphatic rings. The van der Waals surface area contributed by atoms with Crippen LogP contribution in [-0.4, -0.2) is 97.8 Å². The lowest BCUT2D eigenvalue weighted by molar-refractivity contribution is -0.145. The summed E-state index contributed by atoms with van der Waals surface area (Å²) < 4.78 is 107. The van der Waals surface area contributed by atoms with Gasteiger partial charge in [0.2, 0.25) is 34.8 Å². The maximum atomic E-state index is 13.5. The van der Waals surface area contributed by atoms with E-state index in [1.54, 1.807) is 0 Å². The number of rotatable bonds is 24. The molecule has 1 aromatic rings. The van der Waals surface area contributed by atoms with Crippen molar-refractivity contribution in [1.29, 1.82) is 0 Å². The molecule has 0 unspecified atom stereocenters. The van der Waals surface area contributed by atoms with Crippen molar-refractivity contribution in [3.8, 4) is 5.75 Å². The van der Waals surface area contributed by atoms with E-state index in [0.717, 1.165) is 6.42 Å². The van der Waals surface area contributed by atoms with Crippen molar-refractivity contribution in [3.63, 3.8) is 0 Å². The molecule has 0 N–H and O–H groups in total. The Kier molecular flexibility index (Phi) is 19.8. The predicted molar refractivity (Wildman–Crippen MR) is 127 cm³/mol. The normalized spacial score (nSPS) is 11.2. The third-order valence-corrected chi connectivity index (χ3v) is 4.64. The van der Waals surface area contributed by atoms with Crippen molar-refractivity contribution in [2.24, 2.45) is 0 Å². The van der Waals surface area contributed by atoms with E-state index >= 15 is 0 Å². The summed E-state index contributed by atoms with van der Waals surface area (Å²) in [4.78, 5) is 22.7. The molecule has 0 radical (unpaired) electrons. The first-order chi connectivity index (χ1) is 19.3. The number of esters is 2. The van der Waals surface area contributed by atoms with Crippen molar-refractivity contribution >= 4 is 11.9 Å². The molecule has 1 rings (SSSR count). The molecule has 10 nitrogen and oxygen atoms in total. The second kappa shape index (κ2) is 22.3. The Morgan fingerprint density at radius 1 is 0.475 bits per heavy atom. The number of benzene rings is 1. The average molecular weight is 591 g/mol. The van der Waals surface area contributed by atoms with E-state index in [1.165, 1.54) is 0 Å². The highest BCUT2D eigenvalue weighted by atomic mass is 19.2. The number of carbonyl (C=O) groups excluding carboxylic acids is 2. The topological polar surface area (TPSA) is 108 Å². The molecule has 0 heterocycles. The first kappa shape index (κ1) is 35.6. The summed E-state index contributed by atoms with van der Waals surface area (Å²) in [6, 6.07) is 0. The number of halogens is 5. The third-order valence-electron chi connectivity index (χ3n) is 4.64. The molecule has 0 fully saturated rings. The monoisotopic (exact) mass is 590 g/mol. The Morgan fingerprint density at radius 2 is 0.825 bits per heavy atom.